The normalized spacial score (nSPS) is 52.1. The Morgan fingerprint density at radius 1 is 0.958 bits per heavy atom. The lowest BCUT2D eigenvalue weighted by atomic mass is 9.44. The molecule has 0 amide bonds. The fraction of sp³-hybridized carbons (Fsp3) is 0.952. The van der Waals surface area contributed by atoms with Crippen molar-refractivity contribution in [3.05, 3.63) is 0 Å². The van der Waals surface area contributed by atoms with E-state index in [2.05, 4.69) is 36.4 Å². The Labute approximate surface area is 161 Å². The molecule has 24 heavy (non-hydrogen) atoms. The van der Waals surface area contributed by atoms with E-state index in [-0.39, 0.29) is 5.97 Å². The topological polar surface area (TPSA) is 26.3 Å². The Kier molecular flexibility index (Phi) is 4.71. The van der Waals surface area contributed by atoms with E-state index in [9.17, 15) is 4.79 Å². The van der Waals surface area contributed by atoms with Crippen LogP contribution in [0.15, 0.2) is 0 Å². The van der Waals surface area contributed by atoms with Gasteiger partial charge in [-0.2, -0.15) is 0 Å². The molecule has 136 valence electrons. The highest BCUT2D eigenvalue weighted by molar-refractivity contribution is 14.1. The second-order valence-electron chi connectivity index (χ2n) is 9.63. The first-order valence-corrected chi connectivity index (χ1v) is 11.5. The van der Waals surface area contributed by atoms with Gasteiger partial charge in [0.1, 0.15) is 0 Å². The number of alkyl halides is 1. The monoisotopic (exact) mass is 444 g/mol. The molecule has 4 rings (SSSR count). The van der Waals surface area contributed by atoms with Gasteiger partial charge in [-0.05, 0) is 79.4 Å². The van der Waals surface area contributed by atoms with Crippen LogP contribution in [0.1, 0.15) is 78.1 Å². The smallest absolute Gasteiger partial charge is 0.306 e. The van der Waals surface area contributed by atoms with E-state index in [4.69, 9.17) is 4.74 Å². The Bertz CT molecular complexity index is 506. The molecule has 3 heteroatoms. The SMILES string of the molecule is C[C@]12CCCC[C@@H]1CC[C@@H]1[C@@H]2CC[C@]2(C)[C@H](I)CCOC(=O)C[C@@H]12. The standard InChI is InChI=1S/C21H33IO2/c1-20-10-4-3-5-14(20)6-7-15-16(20)8-11-21(2)17(15)13-19(23)24-12-9-18(21)22/h14-18H,3-13H2,1-2H3/t14-,15-,16+,17+,18-,20+,21+/m1/s1. The Morgan fingerprint density at radius 3 is 2.62 bits per heavy atom. The summed E-state index contributed by atoms with van der Waals surface area (Å²) in [6.07, 6.45) is 13.0. The molecule has 1 saturated heterocycles. The summed E-state index contributed by atoms with van der Waals surface area (Å²) in [6, 6.07) is 0. The van der Waals surface area contributed by atoms with E-state index in [0.29, 0.717) is 33.7 Å². The van der Waals surface area contributed by atoms with E-state index in [1.807, 2.05) is 0 Å². The zero-order valence-corrected chi connectivity index (χ0v) is 17.5. The van der Waals surface area contributed by atoms with Crippen LogP contribution < -0.4 is 0 Å². The van der Waals surface area contributed by atoms with Crippen molar-refractivity contribution in [2.45, 2.75) is 82.0 Å². The summed E-state index contributed by atoms with van der Waals surface area (Å²) < 4.78 is 6.16. The maximum absolute atomic E-state index is 12.4. The van der Waals surface area contributed by atoms with Gasteiger partial charge in [-0.15, -0.1) is 0 Å². The molecule has 0 aromatic heterocycles. The van der Waals surface area contributed by atoms with E-state index in [1.165, 1.54) is 51.4 Å². The summed E-state index contributed by atoms with van der Waals surface area (Å²) >= 11 is 2.67. The molecule has 0 unspecified atom stereocenters. The molecular formula is C21H33IO2. The van der Waals surface area contributed by atoms with Gasteiger partial charge in [0.15, 0.2) is 0 Å². The van der Waals surface area contributed by atoms with Crippen LogP contribution in [0.25, 0.3) is 0 Å². The predicted molar refractivity (Wildman–Crippen MR) is 105 cm³/mol. The summed E-state index contributed by atoms with van der Waals surface area (Å²) in [5.41, 5.74) is 0.883. The zero-order chi connectivity index (χ0) is 16.9. The summed E-state index contributed by atoms with van der Waals surface area (Å²) in [5, 5.41) is 0. The lowest BCUT2D eigenvalue weighted by molar-refractivity contribution is -0.158. The quantitative estimate of drug-likeness (QED) is 0.270. The fourth-order valence-electron chi connectivity index (χ4n) is 7.26. The highest BCUT2D eigenvalue weighted by Crippen LogP contribution is 2.65. The average molecular weight is 444 g/mol. The van der Waals surface area contributed by atoms with Crippen LogP contribution in [0.2, 0.25) is 0 Å². The summed E-state index contributed by atoms with van der Waals surface area (Å²) in [7, 11) is 0. The van der Waals surface area contributed by atoms with Crippen molar-refractivity contribution in [3.63, 3.8) is 0 Å². The van der Waals surface area contributed by atoms with Gasteiger partial charge in [0.05, 0.1) is 6.61 Å². The van der Waals surface area contributed by atoms with Gasteiger partial charge in [-0.1, -0.05) is 49.3 Å². The number of hydrogen-bond acceptors (Lipinski definition) is 2. The first kappa shape index (κ1) is 17.6. The molecule has 0 aromatic rings. The Balaban J connectivity index is 1.66. The van der Waals surface area contributed by atoms with Crippen LogP contribution in [0.5, 0.6) is 0 Å². The first-order valence-electron chi connectivity index (χ1n) is 10.2. The van der Waals surface area contributed by atoms with E-state index >= 15 is 0 Å². The van der Waals surface area contributed by atoms with Gasteiger partial charge in [0, 0.05) is 10.3 Å². The van der Waals surface area contributed by atoms with Crippen LogP contribution in [-0.4, -0.2) is 16.5 Å². The van der Waals surface area contributed by atoms with Crippen molar-refractivity contribution in [1.82, 2.24) is 0 Å². The molecule has 0 bridgehead atoms. The molecule has 4 aliphatic rings. The number of carbonyl (C=O) groups excluding carboxylic acids is 1. The number of rotatable bonds is 0. The van der Waals surface area contributed by atoms with Crippen LogP contribution in [-0.2, 0) is 9.53 Å². The highest BCUT2D eigenvalue weighted by atomic mass is 127. The Hall–Kier alpha value is 0.200. The molecule has 3 saturated carbocycles. The lowest BCUT2D eigenvalue weighted by Crippen LogP contribution is -2.55. The molecule has 4 fully saturated rings. The van der Waals surface area contributed by atoms with Crippen LogP contribution in [0.3, 0.4) is 0 Å². The minimum Gasteiger partial charge on any atom is -0.466 e. The number of ether oxygens (including phenoxy) is 1. The third-order valence-electron chi connectivity index (χ3n) is 8.76. The van der Waals surface area contributed by atoms with Gasteiger partial charge in [0.25, 0.3) is 0 Å². The number of halogens is 1. The van der Waals surface area contributed by atoms with Crippen LogP contribution in [0.4, 0.5) is 0 Å². The Morgan fingerprint density at radius 2 is 1.79 bits per heavy atom. The second kappa shape index (κ2) is 6.42. The molecule has 1 aliphatic heterocycles. The molecule has 0 aromatic carbocycles. The average Bonchev–Trinajstić information content (AvgIpc) is 2.55. The van der Waals surface area contributed by atoms with Crippen molar-refractivity contribution in [3.8, 4) is 0 Å². The van der Waals surface area contributed by atoms with Gasteiger partial charge in [0.2, 0.25) is 0 Å². The zero-order valence-electron chi connectivity index (χ0n) is 15.4. The van der Waals surface area contributed by atoms with Gasteiger partial charge >= 0.3 is 5.97 Å². The van der Waals surface area contributed by atoms with Crippen molar-refractivity contribution in [2.75, 3.05) is 6.61 Å². The molecule has 0 N–H and O–H groups in total. The maximum Gasteiger partial charge on any atom is 0.306 e. The highest BCUT2D eigenvalue weighted by Gasteiger charge is 2.58. The van der Waals surface area contributed by atoms with E-state index in [1.54, 1.807) is 0 Å². The molecule has 7 atom stereocenters. The molecule has 0 spiro atoms. The van der Waals surface area contributed by atoms with Gasteiger partial charge in [-0.25, -0.2) is 0 Å². The van der Waals surface area contributed by atoms with Crippen molar-refractivity contribution >= 4 is 28.6 Å². The van der Waals surface area contributed by atoms with Crippen molar-refractivity contribution in [1.29, 1.82) is 0 Å². The molecule has 0 radical (unpaired) electrons. The van der Waals surface area contributed by atoms with Crippen molar-refractivity contribution in [2.24, 2.45) is 34.5 Å². The minimum atomic E-state index is 0.0751. The summed E-state index contributed by atoms with van der Waals surface area (Å²) in [5.74, 6) is 3.18. The predicted octanol–water partition coefficient (Wildman–Crippen LogP) is 5.77. The fourth-order valence-corrected chi connectivity index (χ4v) is 8.29. The third kappa shape index (κ3) is 2.66. The summed E-state index contributed by atoms with van der Waals surface area (Å²) in [6.45, 7) is 5.74. The minimum absolute atomic E-state index is 0.0751. The molecule has 2 nitrogen and oxygen atoms in total. The lowest BCUT2D eigenvalue weighted by Gasteiger charge is -2.62. The number of cyclic esters (lactones) is 1. The summed E-state index contributed by atoms with van der Waals surface area (Å²) in [4.78, 5) is 12.4. The maximum atomic E-state index is 12.4. The van der Waals surface area contributed by atoms with E-state index in [0.717, 1.165) is 24.2 Å². The van der Waals surface area contributed by atoms with Gasteiger partial charge < -0.3 is 4.74 Å². The second-order valence-corrected chi connectivity index (χ2v) is 11.1. The number of hydrogen-bond donors (Lipinski definition) is 0. The number of esters is 1. The van der Waals surface area contributed by atoms with E-state index < -0.39 is 0 Å². The largest absolute Gasteiger partial charge is 0.466 e. The first-order chi connectivity index (χ1) is 11.4. The number of fused-ring (bicyclic) bond motifs is 5. The molecule has 3 aliphatic carbocycles. The van der Waals surface area contributed by atoms with Gasteiger partial charge in [-0.3, -0.25) is 4.79 Å². The van der Waals surface area contributed by atoms with Crippen LogP contribution in [0, 0.1) is 34.5 Å². The molecule has 1 heterocycles. The van der Waals surface area contributed by atoms with Crippen LogP contribution >= 0.6 is 22.6 Å². The van der Waals surface area contributed by atoms with Crippen molar-refractivity contribution < 1.29 is 9.53 Å². The number of carbonyl (C=O) groups is 1. The third-order valence-corrected chi connectivity index (χ3v) is 10.8. The molecular weight excluding hydrogens is 411 g/mol.